The number of anilines is 3. The van der Waals surface area contributed by atoms with Crippen LogP contribution in [0.4, 0.5) is 26.5 Å². The molecular weight excluding hydrogens is 463 g/mol. The highest BCUT2D eigenvalue weighted by atomic mass is 32.2. The molecule has 0 fully saturated rings. The summed E-state index contributed by atoms with van der Waals surface area (Å²) in [5.74, 6) is -0.464. The van der Waals surface area contributed by atoms with Gasteiger partial charge in [-0.15, -0.1) is 0 Å². The normalized spacial score (nSPS) is 10.7. The zero-order chi connectivity index (χ0) is 25.0. The van der Waals surface area contributed by atoms with Gasteiger partial charge in [-0.25, -0.2) is 28.8 Å². The zero-order valence-corrected chi connectivity index (χ0v) is 19.5. The minimum atomic E-state index is -1.26. The van der Waals surface area contributed by atoms with Crippen molar-refractivity contribution in [1.29, 1.82) is 0 Å². The maximum atomic E-state index is 14.1. The summed E-state index contributed by atoms with van der Waals surface area (Å²) in [6.07, 6.45) is 3.62. The number of fused-ring (bicyclic) bond motifs is 1. The Morgan fingerprint density at radius 1 is 1.15 bits per heavy atom. The van der Waals surface area contributed by atoms with Gasteiger partial charge < -0.3 is 16.6 Å². The van der Waals surface area contributed by atoms with Gasteiger partial charge in [0.25, 0.3) is 0 Å². The van der Waals surface area contributed by atoms with E-state index in [2.05, 4.69) is 20.1 Å². The molecule has 34 heavy (non-hydrogen) atoms. The predicted octanol–water partition coefficient (Wildman–Crippen LogP) is 2.35. The molecule has 4 rings (SSSR count). The zero-order valence-electron chi connectivity index (χ0n) is 18.6. The number of hydrogen-bond donors (Lipinski definition) is 3. The van der Waals surface area contributed by atoms with Gasteiger partial charge in [0, 0.05) is 42.1 Å². The summed E-state index contributed by atoms with van der Waals surface area (Å²) in [5.41, 5.74) is 13.2. The quantitative estimate of drug-likeness (QED) is 0.392. The van der Waals surface area contributed by atoms with E-state index in [1.54, 1.807) is 49.0 Å². The van der Waals surface area contributed by atoms with E-state index in [4.69, 9.17) is 11.5 Å². The van der Waals surface area contributed by atoms with Gasteiger partial charge in [0.1, 0.15) is 17.2 Å². The highest BCUT2D eigenvalue weighted by Crippen LogP contribution is 2.32. The highest BCUT2D eigenvalue weighted by Gasteiger charge is 2.22. The standard InChI is InChI=1S/C19H17FN8O2.C2H6OS/c1-27(19(29)30)14-15(21)24-17(25-16(14)22)13-11-6-4-8-23-18(11)28(26-13)9-10-5-2-3-7-12(10)20;1-4(2)3/h2-8H,9H2,1H3,(H,29,30)(H4,21,22,24,25);1-2H3. The predicted molar refractivity (Wildman–Crippen MR) is 129 cm³/mol. The van der Waals surface area contributed by atoms with Crippen molar-refractivity contribution in [3.63, 3.8) is 0 Å². The summed E-state index contributed by atoms with van der Waals surface area (Å²) < 4.78 is 25.2. The van der Waals surface area contributed by atoms with Gasteiger partial charge in [-0.2, -0.15) is 5.10 Å². The van der Waals surface area contributed by atoms with E-state index in [9.17, 15) is 18.5 Å². The van der Waals surface area contributed by atoms with Gasteiger partial charge in [0.15, 0.2) is 23.1 Å². The summed E-state index contributed by atoms with van der Waals surface area (Å²) in [6, 6.07) is 9.88. The lowest BCUT2D eigenvalue weighted by Gasteiger charge is -2.16. The molecule has 0 saturated heterocycles. The van der Waals surface area contributed by atoms with Gasteiger partial charge in [-0.05, 0) is 18.2 Å². The minimum absolute atomic E-state index is 0.0144. The molecule has 0 saturated carbocycles. The van der Waals surface area contributed by atoms with Crippen LogP contribution in [0.2, 0.25) is 0 Å². The third-order valence-electron chi connectivity index (χ3n) is 4.56. The third kappa shape index (κ3) is 5.26. The average Bonchev–Trinajstić information content (AvgIpc) is 3.13. The van der Waals surface area contributed by atoms with E-state index in [0.717, 1.165) is 4.90 Å². The number of rotatable bonds is 4. The van der Waals surface area contributed by atoms with Crippen molar-refractivity contribution in [2.24, 2.45) is 0 Å². The summed E-state index contributed by atoms with van der Waals surface area (Å²) in [4.78, 5) is 24.8. The molecule has 0 aliphatic rings. The Morgan fingerprint density at radius 3 is 2.35 bits per heavy atom. The first kappa shape index (κ1) is 24.5. The number of carbonyl (C=O) groups is 1. The number of pyridine rings is 1. The van der Waals surface area contributed by atoms with Gasteiger partial charge in [0.05, 0.1) is 11.9 Å². The SMILES string of the molecule is CN(C(=O)O)c1c(N)nc(-c2nn(Cc3ccccc3F)c3ncccc23)nc1N.CS(C)=O. The van der Waals surface area contributed by atoms with Crippen molar-refractivity contribution in [2.75, 3.05) is 35.9 Å². The van der Waals surface area contributed by atoms with Crippen molar-refractivity contribution in [2.45, 2.75) is 6.54 Å². The number of nitrogen functional groups attached to an aromatic ring is 2. The number of benzene rings is 1. The molecule has 178 valence electrons. The van der Waals surface area contributed by atoms with Crippen LogP contribution in [0, 0.1) is 5.82 Å². The molecular formula is C21H23FN8O3S. The van der Waals surface area contributed by atoms with Crippen LogP contribution in [0.25, 0.3) is 22.6 Å². The van der Waals surface area contributed by atoms with Crippen molar-refractivity contribution in [3.8, 4) is 11.5 Å². The third-order valence-corrected chi connectivity index (χ3v) is 4.56. The Hall–Kier alpha value is -4.13. The van der Waals surface area contributed by atoms with Crippen LogP contribution < -0.4 is 16.4 Å². The van der Waals surface area contributed by atoms with Crippen LogP contribution in [0.3, 0.4) is 0 Å². The van der Waals surface area contributed by atoms with E-state index in [-0.39, 0.29) is 35.5 Å². The lowest BCUT2D eigenvalue weighted by molar-refractivity contribution is 0.203. The van der Waals surface area contributed by atoms with Gasteiger partial charge >= 0.3 is 6.09 Å². The summed E-state index contributed by atoms with van der Waals surface area (Å²) in [6.45, 7) is 0.144. The molecule has 11 nitrogen and oxygen atoms in total. The van der Waals surface area contributed by atoms with E-state index in [1.807, 2.05) is 0 Å². The van der Waals surface area contributed by atoms with Crippen LogP contribution in [0.1, 0.15) is 5.56 Å². The lowest BCUT2D eigenvalue weighted by atomic mass is 10.2. The van der Waals surface area contributed by atoms with Crippen LogP contribution in [-0.4, -0.2) is 59.7 Å². The summed E-state index contributed by atoms with van der Waals surface area (Å²) >= 11 is 0. The molecule has 3 heterocycles. The largest absolute Gasteiger partial charge is 0.465 e. The van der Waals surface area contributed by atoms with Crippen LogP contribution in [0.15, 0.2) is 42.6 Å². The van der Waals surface area contributed by atoms with E-state index >= 15 is 0 Å². The number of aromatic nitrogens is 5. The molecule has 0 atom stereocenters. The van der Waals surface area contributed by atoms with Gasteiger partial charge in [-0.1, -0.05) is 18.2 Å². The maximum absolute atomic E-state index is 14.1. The second-order valence-electron chi connectivity index (χ2n) is 7.22. The second-order valence-corrected chi connectivity index (χ2v) is 8.70. The van der Waals surface area contributed by atoms with E-state index in [1.165, 1.54) is 17.8 Å². The highest BCUT2D eigenvalue weighted by molar-refractivity contribution is 7.83. The molecule has 4 aromatic rings. The van der Waals surface area contributed by atoms with Crippen LogP contribution in [0.5, 0.6) is 0 Å². The Bertz CT molecular complexity index is 1350. The molecule has 0 bridgehead atoms. The summed E-state index contributed by atoms with van der Waals surface area (Å²) in [7, 11) is 0.676. The van der Waals surface area contributed by atoms with Crippen molar-refractivity contribution in [3.05, 3.63) is 54.0 Å². The second kappa shape index (κ2) is 10.2. The summed E-state index contributed by atoms with van der Waals surface area (Å²) in [5, 5.41) is 14.3. The Morgan fingerprint density at radius 2 is 1.76 bits per heavy atom. The van der Waals surface area contributed by atoms with Crippen molar-refractivity contribution >= 4 is 45.2 Å². The molecule has 0 aliphatic heterocycles. The monoisotopic (exact) mass is 486 g/mol. The molecule has 3 aromatic heterocycles. The van der Waals surface area contributed by atoms with Gasteiger partial charge in [-0.3, -0.25) is 9.11 Å². The number of halogens is 1. The number of nitrogens with two attached hydrogens (primary N) is 2. The molecule has 0 aliphatic carbocycles. The molecule has 1 amide bonds. The molecule has 5 N–H and O–H groups in total. The number of carboxylic acid groups (broad SMARTS) is 1. The fraction of sp³-hybridized carbons (Fsp3) is 0.190. The molecule has 13 heteroatoms. The van der Waals surface area contributed by atoms with E-state index < -0.39 is 16.9 Å². The number of hydrogen-bond acceptors (Lipinski definition) is 8. The first-order chi connectivity index (χ1) is 16.1. The van der Waals surface area contributed by atoms with Gasteiger partial charge in [0.2, 0.25) is 0 Å². The van der Waals surface area contributed by atoms with E-state index in [0.29, 0.717) is 22.3 Å². The van der Waals surface area contributed by atoms with Crippen LogP contribution >= 0.6 is 0 Å². The molecule has 0 radical (unpaired) electrons. The Labute approximate surface area is 196 Å². The molecule has 1 aromatic carbocycles. The molecule has 0 spiro atoms. The Balaban J connectivity index is 0.000000751. The Kier molecular flexibility index (Phi) is 7.36. The lowest BCUT2D eigenvalue weighted by Crippen LogP contribution is -2.26. The van der Waals surface area contributed by atoms with Crippen molar-refractivity contribution < 1.29 is 18.5 Å². The first-order valence-electron chi connectivity index (χ1n) is 9.80. The topological polar surface area (TPSA) is 166 Å². The fourth-order valence-electron chi connectivity index (χ4n) is 3.11. The number of nitrogens with zero attached hydrogens (tertiary/aromatic N) is 6. The fourth-order valence-corrected chi connectivity index (χ4v) is 3.11. The van der Waals surface area contributed by atoms with Crippen LogP contribution in [-0.2, 0) is 17.3 Å². The maximum Gasteiger partial charge on any atom is 0.411 e. The minimum Gasteiger partial charge on any atom is -0.465 e. The number of amides is 1. The smallest absolute Gasteiger partial charge is 0.411 e. The van der Waals surface area contributed by atoms with Crippen molar-refractivity contribution in [1.82, 2.24) is 24.7 Å². The molecule has 0 unspecified atom stereocenters. The first-order valence-corrected chi connectivity index (χ1v) is 11.8. The average molecular weight is 487 g/mol.